The van der Waals surface area contributed by atoms with E-state index >= 15 is 0 Å². The Labute approximate surface area is 109 Å². The Hall–Kier alpha value is -0.620. The van der Waals surface area contributed by atoms with Crippen LogP contribution in [0.1, 0.15) is 17.4 Å². The molecule has 0 aliphatic carbocycles. The molecular weight excluding hydrogens is 260 g/mol. The molecule has 94 valence electrons. The number of carbonyl (C=O) groups excluding carboxylic acids is 1. The van der Waals surface area contributed by atoms with Gasteiger partial charge in [0.25, 0.3) is 0 Å². The normalized spacial score (nSPS) is 17.5. The number of hydrogen-bond donors (Lipinski definition) is 3. The van der Waals surface area contributed by atoms with Crippen LogP contribution >= 0.6 is 22.9 Å². The predicted molar refractivity (Wildman–Crippen MR) is 68.3 cm³/mol. The number of aliphatic hydroxyl groups is 1. The van der Waals surface area contributed by atoms with Crippen molar-refractivity contribution in [3.8, 4) is 0 Å². The molecule has 1 aromatic rings. The van der Waals surface area contributed by atoms with E-state index in [0.717, 1.165) is 18.0 Å². The average Bonchev–Trinajstić information content (AvgIpc) is 2.67. The fraction of sp³-hybridized carbons (Fsp3) is 0.545. The first-order chi connectivity index (χ1) is 8.15. The van der Waals surface area contributed by atoms with Crippen LogP contribution in [0.4, 0.5) is 0 Å². The van der Waals surface area contributed by atoms with Gasteiger partial charge in [-0.05, 0) is 31.1 Å². The molecule has 2 rings (SSSR count). The van der Waals surface area contributed by atoms with Crippen molar-refractivity contribution in [2.75, 3.05) is 19.6 Å². The Morgan fingerprint density at radius 2 is 2.41 bits per heavy atom. The van der Waals surface area contributed by atoms with Gasteiger partial charge in [0.1, 0.15) is 6.10 Å². The fourth-order valence-electron chi connectivity index (χ4n) is 1.65. The fourth-order valence-corrected chi connectivity index (χ4v) is 2.69. The molecule has 17 heavy (non-hydrogen) atoms. The summed E-state index contributed by atoms with van der Waals surface area (Å²) in [6.45, 7) is 2.07. The van der Waals surface area contributed by atoms with Crippen LogP contribution in [0.15, 0.2) is 12.1 Å². The lowest BCUT2D eigenvalue weighted by molar-refractivity contribution is -0.122. The average molecular weight is 275 g/mol. The summed E-state index contributed by atoms with van der Waals surface area (Å²) in [4.78, 5) is 12.3. The summed E-state index contributed by atoms with van der Waals surface area (Å²) in [5.74, 6) is 0.446. The Kier molecular flexibility index (Phi) is 4.39. The maximum Gasteiger partial charge on any atom is 0.220 e. The molecule has 4 nitrogen and oxygen atoms in total. The van der Waals surface area contributed by atoms with E-state index in [1.165, 1.54) is 11.3 Å². The molecule has 0 bridgehead atoms. The Morgan fingerprint density at radius 1 is 1.65 bits per heavy atom. The highest BCUT2D eigenvalue weighted by atomic mass is 35.5. The largest absolute Gasteiger partial charge is 0.386 e. The molecule has 2 heterocycles. The zero-order valence-corrected chi connectivity index (χ0v) is 10.9. The van der Waals surface area contributed by atoms with Gasteiger partial charge in [-0.1, -0.05) is 11.6 Å². The van der Waals surface area contributed by atoms with Gasteiger partial charge in [-0.15, -0.1) is 11.3 Å². The summed E-state index contributed by atoms with van der Waals surface area (Å²) in [6, 6.07) is 3.52. The third-order valence-electron chi connectivity index (χ3n) is 2.76. The highest BCUT2D eigenvalue weighted by Crippen LogP contribution is 2.26. The third kappa shape index (κ3) is 3.67. The molecule has 1 unspecified atom stereocenters. The number of aliphatic hydroxyl groups excluding tert-OH is 1. The number of thiophene rings is 1. The Bertz CT molecular complexity index is 393. The van der Waals surface area contributed by atoms with Gasteiger partial charge in [0, 0.05) is 17.8 Å². The van der Waals surface area contributed by atoms with Crippen molar-refractivity contribution in [2.24, 2.45) is 5.92 Å². The summed E-state index contributed by atoms with van der Waals surface area (Å²) in [5, 5.41) is 15.7. The van der Waals surface area contributed by atoms with Crippen molar-refractivity contribution < 1.29 is 9.90 Å². The molecule has 1 aliphatic rings. The zero-order chi connectivity index (χ0) is 12.3. The van der Waals surface area contributed by atoms with E-state index in [1.807, 2.05) is 0 Å². The van der Waals surface area contributed by atoms with E-state index < -0.39 is 6.10 Å². The summed E-state index contributed by atoms with van der Waals surface area (Å²) < 4.78 is 0.644. The smallest absolute Gasteiger partial charge is 0.220 e. The molecule has 1 aromatic heterocycles. The van der Waals surface area contributed by atoms with Gasteiger partial charge in [-0.25, -0.2) is 0 Å². The van der Waals surface area contributed by atoms with Crippen molar-refractivity contribution >= 4 is 28.8 Å². The second-order valence-electron chi connectivity index (χ2n) is 4.19. The third-order valence-corrected chi connectivity index (χ3v) is 4.09. The molecule has 0 aromatic carbocycles. The maximum absolute atomic E-state index is 11.5. The van der Waals surface area contributed by atoms with Crippen LogP contribution < -0.4 is 10.6 Å². The van der Waals surface area contributed by atoms with E-state index in [9.17, 15) is 9.90 Å². The van der Waals surface area contributed by atoms with E-state index in [-0.39, 0.29) is 12.5 Å². The molecule has 3 N–H and O–H groups in total. The quantitative estimate of drug-likeness (QED) is 0.755. The lowest BCUT2D eigenvalue weighted by atomic mass is 9.99. The molecule has 1 aliphatic heterocycles. The Morgan fingerprint density at radius 3 is 2.94 bits per heavy atom. The summed E-state index contributed by atoms with van der Waals surface area (Å²) in [5.41, 5.74) is 0. The lowest BCUT2D eigenvalue weighted by Gasteiger charge is -2.26. The maximum atomic E-state index is 11.5. The van der Waals surface area contributed by atoms with Crippen LogP contribution in [0.3, 0.4) is 0 Å². The Balaban J connectivity index is 1.71. The van der Waals surface area contributed by atoms with Crippen LogP contribution in [0.25, 0.3) is 0 Å². The number of halogens is 1. The highest BCUT2D eigenvalue weighted by molar-refractivity contribution is 7.16. The topological polar surface area (TPSA) is 61.4 Å². The number of rotatable bonds is 5. The van der Waals surface area contributed by atoms with Gasteiger partial charge >= 0.3 is 0 Å². The first-order valence-electron chi connectivity index (χ1n) is 5.56. The molecule has 1 amide bonds. The molecule has 1 fully saturated rings. The molecule has 0 saturated carbocycles. The molecular formula is C11H15ClN2O2S. The van der Waals surface area contributed by atoms with Crippen LogP contribution in [0.2, 0.25) is 4.34 Å². The van der Waals surface area contributed by atoms with Crippen molar-refractivity contribution in [1.29, 1.82) is 0 Å². The SMILES string of the molecule is O=C(CC1CNC1)NCC(O)c1ccc(Cl)s1. The van der Waals surface area contributed by atoms with E-state index in [0.29, 0.717) is 16.7 Å². The van der Waals surface area contributed by atoms with Crippen LogP contribution in [0.5, 0.6) is 0 Å². The summed E-state index contributed by atoms with van der Waals surface area (Å²) in [6.07, 6.45) is -0.138. The van der Waals surface area contributed by atoms with Gasteiger partial charge in [0.05, 0.1) is 4.34 Å². The molecule has 1 saturated heterocycles. The summed E-state index contributed by atoms with van der Waals surface area (Å²) in [7, 11) is 0. The van der Waals surface area contributed by atoms with Gasteiger partial charge in [0.15, 0.2) is 0 Å². The van der Waals surface area contributed by atoms with Crippen molar-refractivity contribution in [1.82, 2.24) is 10.6 Å². The summed E-state index contributed by atoms with van der Waals surface area (Å²) >= 11 is 7.11. The van der Waals surface area contributed by atoms with Crippen molar-refractivity contribution in [3.63, 3.8) is 0 Å². The predicted octanol–water partition coefficient (Wildman–Crippen LogP) is 1.16. The minimum Gasteiger partial charge on any atom is -0.386 e. The molecule has 6 heteroatoms. The zero-order valence-electron chi connectivity index (χ0n) is 9.28. The minimum atomic E-state index is -0.670. The van der Waals surface area contributed by atoms with E-state index in [4.69, 9.17) is 11.6 Å². The van der Waals surface area contributed by atoms with Crippen LogP contribution in [-0.4, -0.2) is 30.6 Å². The van der Waals surface area contributed by atoms with Crippen molar-refractivity contribution in [2.45, 2.75) is 12.5 Å². The van der Waals surface area contributed by atoms with Crippen molar-refractivity contribution in [3.05, 3.63) is 21.3 Å². The second kappa shape index (κ2) is 5.82. The van der Waals surface area contributed by atoms with Gasteiger partial charge in [-0.3, -0.25) is 4.79 Å². The van der Waals surface area contributed by atoms with Gasteiger partial charge in [0.2, 0.25) is 5.91 Å². The van der Waals surface area contributed by atoms with Crippen LogP contribution in [-0.2, 0) is 4.79 Å². The monoisotopic (exact) mass is 274 g/mol. The number of nitrogens with one attached hydrogen (secondary N) is 2. The number of amides is 1. The highest BCUT2D eigenvalue weighted by Gasteiger charge is 2.20. The van der Waals surface area contributed by atoms with Crippen LogP contribution in [0, 0.1) is 5.92 Å². The lowest BCUT2D eigenvalue weighted by Crippen LogP contribution is -2.44. The van der Waals surface area contributed by atoms with Gasteiger partial charge < -0.3 is 15.7 Å². The second-order valence-corrected chi connectivity index (χ2v) is 5.94. The molecule has 0 spiro atoms. The minimum absolute atomic E-state index is 0.00166. The van der Waals surface area contributed by atoms with E-state index in [1.54, 1.807) is 12.1 Å². The first kappa shape index (κ1) is 12.8. The molecule has 0 radical (unpaired) electrons. The standard InChI is InChI=1S/C11H15ClN2O2S/c12-10-2-1-9(17-10)8(15)6-14-11(16)3-7-4-13-5-7/h1-2,7-8,13,15H,3-6H2,(H,14,16). The first-order valence-corrected chi connectivity index (χ1v) is 6.75. The number of hydrogen-bond acceptors (Lipinski definition) is 4. The molecule has 1 atom stereocenters. The van der Waals surface area contributed by atoms with Gasteiger partial charge in [-0.2, -0.15) is 0 Å². The number of carbonyl (C=O) groups is 1. The van der Waals surface area contributed by atoms with E-state index in [2.05, 4.69) is 10.6 Å².